The van der Waals surface area contributed by atoms with Gasteiger partial charge >= 0.3 is 0 Å². The lowest BCUT2D eigenvalue weighted by Crippen LogP contribution is -2.43. The van der Waals surface area contributed by atoms with Crippen LogP contribution in [0.5, 0.6) is 0 Å². The fourth-order valence-corrected chi connectivity index (χ4v) is 3.90. The number of hydrogen-bond donors (Lipinski definition) is 0. The van der Waals surface area contributed by atoms with Crippen LogP contribution < -0.4 is 0 Å². The van der Waals surface area contributed by atoms with Crippen molar-refractivity contribution in [2.75, 3.05) is 53.3 Å². The second-order valence-electron chi connectivity index (χ2n) is 6.60. The Morgan fingerprint density at radius 3 is 2.55 bits per heavy atom. The van der Waals surface area contributed by atoms with Crippen LogP contribution in [0.3, 0.4) is 0 Å². The summed E-state index contributed by atoms with van der Waals surface area (Å²) in [7, 11) is 0.302. The molecule has 22 heavy (non-hydrogen) atoms. The second kappa shape index (κ2) is 6.82. The summed E-state index contributed by atoms with van der Waals surface area (Å²) in [4.78, 5) is 12.9. The number of amides is 1. The van der Waals surface area contributed by atoms with E-state index >= 15 is 0 Å². The number of rotatable bonds is 5. The molecule has 0 aromatic heterocycles. The highest BCUT2D eigenvalue weighted by molar-refractivity contribution is 7.88. The molecule has 1 amide bonds. The molecule has 2 saturated heterocycles. The van der Waals surface area contributed by atoms with E-state index in [1.165, 1.54) is 15.5 Å². The molecule has 0 aromatic carbocycles. The Balaban J connectivity index is 1.75. The summed E-state index contributed by atoms with van der Waals surface area (Å²) >= 11 is 0. The lowest BCUT2D eigenvalue weighted by atomic mass is 9.77. The van der Waals surface area contributed by atoms with E-state index in [9.17, 15) is 13.2 Å². The Kier molecular flexibility index (Phi) is 5.47. The van der Waals surface area contributed by atoms with Gasteiger partial charge in [0.05, 0.1) is 25.6 Å². The van der Waals surface area contributed by atoms with E-state index < -0.39 is 10.0 Å². The molecule has 0 bridgehead atoms. The normalized spacial score (nSPS) is 25.5. The van der Waals surface area contributed by atoms with E-state index in [1.54, 1.807) is 14.1 Å². The number of ether oxygens (including phenoxy) is 2. The molecule has 2 aliphatic heterocycles. The van der Waals surface area contributed by atoms with Crippen molar-refractivity contribution in [2.24, 2.45) is 5.41 Å². The molecule has 128 valence electrons. The molecule has 7 nitrogen and oxygen atoms in total. The lowest BCUT2D eigenvalue weighted by Gasteiger charge is -2.37. The van der Waals surface area contributed by atoms with Crippen molar-refractivity contribution in [3.05, 3.63) is 0 Å². The van der Waals surface area contributed by atoms with Gasteiger partial charge in [0.2, 0.25) is 15.9 Å². The average Bonchev–Trinajstić information content (AvgIpc) is 2.81. The molecule has 0 unspecified atom stereocenters. The van der Waals surface area contributed by atoms with Gasteiger partial charge in [-0.1, -0.05) is 0 Å². The Morgan fingerprint density at radius 1 is 1.36 bits per heavy atom. The van der Waals surface area contributed by atoms with Gasteiger partial charge in [-0.25, -0.2) is 12.7 Å². The van der Waals surface area contributed by atoms with Crippen LogP contribution in [0.15, 0.2) is 0 Å². The Hall–Kier alpha value is -0.700. The molecule has 2 heterocycles. The number of likely N-dealkylation sites (N-methyl/N-ethyl adjacent to an activating group) is 1. The molecule has 2 fully saturated rings. The third kappa shape index (κ3) is 4.41. The predicted octanol–water partition coefficient (Wildman–Crippen LogP) is -0.0781. The molecule has 2 rings (SSSR count). The summed E-state index contributed by atoms with van der Waals surface area (Å²) in [5.41, 5.74) is 0.0702. The van der Waals surface area contributed by atoms with Gasteiger partial charge in [0.1, 0.15) is 6.61 Å². The van der Waals surface area contributed by atoms with Crippen LogP contribution >= 0.6 is 0 Å². The molecule has 1 atom stereocenters. The Bertz CT molecular complexity index is 497. The SMILES string of the molecule is CN(C)C(=O)COC[C@@H]1CC2(CCN(S(C)(=O)=O)CC2)CO1. The molecule has 2 aliphatic rings. The van der Waals surface area contributed by atoms with Crippen LogP contribution in [0.2, 0.25) is 0 Å². The molecule has 0 radical (unpaired) electrons. The standard InChI is InChI=1S/C14H26N2O5S/c1-15(2)13(17)10-20-9-12-8-14(11-21-12)4-6-16(7-5-14)22(3,18)19/h12H,4-11H2,1-3H3/t12-/m0/s1. The quantitative estimate of drug-likeness (QED) is 0.703. The van der Waals surface area contributed by atoms with Gasteiger partial charge in [-0.05, 0) is 24.7 Å². The van der Waals surface area contributed by atoms with Crippen molar-refractivity contribution in [1.29, 1.82) is 0 Å². The first-order valence-corrected chi connectivity index (χ1v) is 9.41. The van der Waals surface area contributed by atoms with Gasteiger partial charge in [0.25, 0.3) is 0 Å². The first-order valence-electron chi connectivity index (χ1n) is 7.56. The van der Waals surface area contributed by atoms with Crippen molar-refractivity contribution in [1.82, 2.24) is 9.21 Å². The van der Waals surface area contributed by atoms with Gasteiger partial charge in [0, 0.05) is 27.2 Å². The summed E-state index contributed by atoms with van der Waals surface area (Å²) in [5.74, 6) is -0.0610. The van der Waals surface area contributed by atoms with Gasteiger partial charge in [-0.3, -0.25) is 4.79 Å². The summed E-state index contributed by atoms with van der Waals surface area (Å²) < 4.78 is 35.9. The first-order chi connectivity index (χ1) is 10.2. The van der Waals surface area contributed by atoms with E-state index in [4.69, 9.17) is 9.47 Å². The number of nitrogens with zero attached hydrogens (tertiary/aromatic N) is 2. The topological polar surface area (TPSA) is 76.2 Å². The molecular formula is C14H26N2O5S. The van der Waals surface area contributed by atoms with Crippen LogP contribution in [-0.4, -0.2) is 82.9 Å². The number of piperidine rings is 1. The fraction of sp³-hybridized carbons (Fsp3) is 0.929. The van der Waals surface area contributed by atoms with Crippen LogP contribution in [0.4, 0.5) is 0 Å². The maximum atomic E-state index is 11.6. The van der Waals surface area contributed by atoms with Crippen molar-refractivity contribution < 1.29 is 22.7 Å². The third-order valence-electron chi connectivity index (χ3n) is 4.57. The minimum absolute atomic E-state index is 0.000235. The van der Waals surface area contributed by atoms with Crippen molar-refractivity contribution in [3.63, 3.8) is 0 Å². The number of carbonyl (C=O) groups excluding carboxylic acids is 1. The van der Waals surface area contributed by atoms with Crippen molar-refractivity contribution >= 4 is 15.9 Å². The fourth-order valence-electron chi connectivity index (χ4n) is 3.05. The Morgan fingerprint density at radius 2 is 2.00 bits per heavy atom. The number of carbonyl (C=O) groups is 1. The molecule has 0 aromatic rings. The maximum Gasteiger partial charge on any atom is 0.248 e. The molecule has 0 aliphatic carbocycles. The monoisotopic (exact) mass is 334 g/mol. The highest BCUT2D eigenvalue weighted by Gasteiger charge is 2.43. The summed E-state index contributed by atoms with van der Waals surface area (Å²) in [5, 5.41) is 0. The zero-order valence-electron chi connectivity index (χ0n) is 13.6. The molecule has 1 spiro atoms. The van der Waals surface area contributed by atoms with Crippen molar-refractivity contribution in [2.45, 2.75) is 25.4 Å². The van der Waals surface area contributed by atoms with Gasteiger partial charge in [-0.2, -0.15) is 0 Å². The maximum absolute atomic E-state index is 11.6. The van der Waals surface area contributed by atoms with Gasteiger partial charge < -0.3 is 14.4 Å². The summed E-state index contributed by atoms with van der Waals surface area (Å²) in [6, 6.07) is 0. The van der Waals surface area contributed by atoms with E-state index in [-0.39, 0.29) is 24.0 Å². The van der Waals surface area contributed by atoms with E-state index in [2.05, 4.69) is 0 Å². The third-order valence-corrected chi connectivity index (χ3v) is 5.87. The van der Waals surface area contributed by atoms with E-state index in [0.717, 1.165) is 19.3 Å². The van der Waals surface area contributed by atoms with Gasteiger partial charge in [0.15, 0.2) is 0 Å². The Labute approximate surface area is 132 Å². The van der Waals surface area contributed by atoms with E-state index in [1.807, 2.05) is 0 Å². The molecule has 0 N–H and O–H groups in total. The van der Waals surface area contributed by atoms with Gasteiger partial charge in [-0.15, -0.1) is 0 Å². The zero-order valence-corrected chi connectivity index (χ0v) is 14.4. The molecule has 0 saturated carbocycles. The minimum atomic E-state index is -3.09. The van der Waals surface area contributed by atoms with Crippen LogP contribution in [0, 0.1) is 5.41 Å². The highest BCUT2D eigenvalue weighted by atomic mass is 32.2. The summed E-state index contributed by atoms with van der Waals surface area (Å²) in [6.45, 7) is 2.27. The van der Waals surface area contributed by atoms with Crippen LogP contribution in [-0.2, 0) is 24.3 Å². The highest BCUT2D eigenvalue weighted by Crippen LogP contribution is 2.42. The lowest BCUT2D eigenvalue weighted by molar-refractivity contribution is -0.134. The summed E-state index contributed by atoms with van der Waals surface area (Å²) in [6.07, 6.45) is 3.79. The van der Waals surface area contributed by atoms with E-state index in [0.29, 0.717) is 26.3 Å². The number of hydrogen-bond acceptors (Lipinski definition) is 5. The first kappa shape index (κ1) is 17.7. The van der Waals surface area contributed by atoms with Crippen molar-refractivity contribution in [3.8, 4) is 0 Å². The smallest absolute Gasteiger partial charge is 0.248 e. The number of sulfonamides is 1. The average molecular weight is 334 g/mol. The predicted molar refractivity (Wildman–Crippen MR) is 82.0 cm³/mol. The molecule has 8 heteroatoms. The van der Waals surface area contributed by atoms with Crippen LogP contribution in [0.25, 0.3) is 0 Å². The zero-order chi connectivity index (χ0) is 16.4. The second-order valence-corrected chi connectivity index (χ2v) is 8.58. The largest absolute Gasteiger partial charge is 0.375 e. The van der Waals surface area contributed by atoms with Crippen LogP contribution in [0.1, 0.15) is 19.3 Å². The minimum Gasteiger partial charge on any atom is -0.375 e. The molecular weight excluding hydrogens is 308 g/mol.